The molecule has 32 heavy (non-hydrogen) atoms. The van der Waals surface area contributed by atoms with Crippen molar-refractivity contribution < 1.29 is 20.4 Å². The zero-order chi connectivity index (χ0) is 22.9. The van der Waals surface area contributed by atoms with Crippen molar-refractivity contribution in [3.05, 3.63) is 96.1 Å². The van der Waals surface area contributed by atoms with Crippen LogP contribution in [-0.2, 0) is 10.8 Å². The normalized spacial score (nSPS) is 11.4. The van der Waals surface area contributed by atoms with Crippen LogP contribution >= 0.6 is 23.2 Å². The molecule has 4 nitrogen and oxygen atoms in total. The average molecular weight is 467 g/mol. The lowest BCUT2D eigenvalue weighted by molar-refractivity contribution is 0.458. The Hall–Kier alpha value is -3.34. The second-order valence-corrected chi connectivity index (χ2v) is 8.97. The SMILES string of the molecule is Oc1ccc(-c2ccc(O)c(C(Cl)(Cl)Cc3ccccc3O)c2-c2ccc(O)cc2)cc1. The summed E-state index contributed by atoms with van der Waals surface area (Å²) < 4.78 is -1.59. The minimum absolute atomic E-state index is 0.0421. The molecule has 0 saturated heterocycles. The Morgan fingerprint density at radius 2 is 1.16 bits per heavy atom. The van der Waals surface area contributed by atoms with Gasteiger partial charge in [0.1, 0.15) is 23.0 Å². The number of phenolic OH excluding ortho intramolecular Hbond substituents is 4. The van der Waals surface area contributed by atoms with Gasteiger partial charge in [-0.2, -0.15) is 0 Å². The van der Waals surface area contributed by atoms with E-state index in [0.717, 1.165) is 11.1 Å². The second kappa shape index (κ2) is 8.65. The molecular formula is C26H20Cl2O4. The topological polar surface area (TPSA) is 80.9 Å². The van der Waals surface area contributed by atoms with Crippen molar-refractivity contribution in [1.82, 2.24) is 0 Å². The standard InChI is InChI=1S/C26H20Cl2O4/c27-26(28,15-18-3-1-2-4-22(18)31)25-23(32)14-13-21(16-5-9-19(29)10-6-16)24(25)17-7-11-20(30)12-8-17/h1-14,29-32H,15H2. The van der Waals surface area contributed by atoms with Crippen LogP contribution in [0, 0.1) is 0 Å². The van der Waals surface area contributed by atoms with E-state index in [1.807, 2.05) is 0 Å². The molecule has 4 rings (SSSR count). The monoisotopic (exact) mass is 466 g/mol. The molecule has 4 aromatic rings. The Morgan fingerprint density at radius 1 is 0.594 bits per heavy atom. The number of para-hydroxylation sites is 1. The van der Waals surface area contributed by atoms with E-state index in [1.165, 1.54) is 18.2 Å². The summed E-state index contributed by atoms with van der Waals surface area (Å²) in [6.07, 6.45) is 0.0421. The van der Waals surface area contributed by atoms with Crippen LogP contribution in [0.25, 0.3) is 22.3 Å². The van der Waals surface area contributed by atoms with Gasteiger partial charge < -0.3 is 20.4 Å². The summed E-state index contributed by atoms with van der Waals surface area (Å²) in [7, 11) is 0. The molecule has 0 unspecified atom stereocenters. The van der Waals surface area contributed by atoms with E-state index < -0.39 is 4.33 Å². The Labute approximate surface area is 195 Å². The van der Waals surface area contributed by atoms with Crippen LogP contribution in [0.2, 0.25) is 0 Å². The molecule has 0 aliphatic heterocycles. The summed E-state index contributed by atoms with van der Waals surface area (Å²) in [5.74, 6) is 0.177. The predicted octanol–water partition coefficient (Wildman–Crippen LogP) is 6.72. The number of benzene rings is 4. The van der Waals surface area contributed by atoms with Crippen LogP contribution in [0.15, 0.2) is 84.9 Å². The van der Waals surface area contributed by atoms with Crippen molar-refractivity contribution in [3.63, 3.8) is 0 Å². The fourth-order valence-electron chi connectivity index (χ4n) is 3.76. The van der Waals surface area contributed by atoms with Gasteiger partial charge in [-0.15, -0.1) is 0 Å². The zero-order valence-electron chi connectivity index (χ0n) is 16.8. The first kappa shape index (κ1) is 21.9. The third-order valence-corrected chi connectivity index (χ3v) is 5.93. The molecule has 0 atom stereocenters. The maximum absolute atomic E-state index is 10.9. The van der Waals surface area contributed by atoms with E-state index in [9.17, 15) is 20.4 Å². The van der Waals surface area contributed by atoms with Gasteiger partial charge in [-0.05, 0) is 64.2 Å². The molecule has 4 aromatic carbocycles. The number of rotatable bonds is 5. The van der Waals surface area contributed by atoms with Crippen molar-refractivity contribution in [2.75, 3.05) is 0 Å². The highest BCUT2D eigenvalue weighted by Crippen LogP contribution is 2.50. The largest absolute Gasteiger partial charge is 0.508 e. The van der Waals surface area contributed by atoms with Crippen molar-refractivity contribution in [2.24, 2.45) is 0 Å². The summed E-state index contributed by atoms with van der Waals surface area (Å²) >= 11 is 13.7. The van der Waals surface area contributed by atoms with Crippen LogP contribution in [0.1, 0.15) is 11.1 Å². The molecule has 0 bridgehead atoms. The molecule has 4 N–H and O–H groups in total. The van der Waals surface area contributed by atoms with Gasteiger partial charge in [-0.3, -0.25) is 0 Å². The smallest absolute Gasteiger partial charge is 0.151 e. The number of hydrogen-bond donors (Lipinski definition) is 4. The van der Waals surface area contributed by atoms with E-state index >= 15 is 0 Å². The minimum atomic E-state index is -1.59. The summed E-state index contributed by atoms with van der Waals surface area (Å²) in [5, 5.41) is 40.6. The maximum Gasteiger partial charge on any atom is 0.151 e. The molecule has 162 valence electrons. The van der Waals surface area contributed by atoms with Gasteiger partial charge in [0.2, 0.25) is 0 Å². The van der Waals surface area contributed by atoms with Crippen molar-refractivity contribution in [1.29, 1.82) is 0 Å². The third-order valence-electron chi connectivity index (χ3n) is 5.29. The number of phenols is 4. The lowest BCUT2D eigenvalue weighted by atomic mass is 9.87. The summed E-state index contributed by atoms with van der Waals surface area (Å²) in [4.78, 5) is 0. The Kier molecular flexibility index (Phi) is 5.92. The highest BCUT2D eigenvalue weighted by Gasteiger charge is 2.35. The number of aromatic hydroxyl groups is 4. The van der Waals surface area contributed by atoms with Gasteiger partial charge in [0.25, 0.3) is 0 Å². The fourth-order valence-corrected chi connectivity index (χ4v) is 4.43. The van der Waals surface area contributed by atoms with Gasteiger partial charge >= 0.3 is 0 Å². The third kappa shape index (κ3) is 4.33. The number of halogens is 2. The summed E-state index contributed by atoms with van der Waals surface area (Å²) in [6.45, 7) is 0. The van der Waals surface area contributed by atoms with E-state index in [2.05, 4.69) is 0 Å². The first-order valence-corrected chi connectivity index (χ1v) is 10.6. The van der Waals surface area contributed by atoms with Crippen LogP contribution in [0.4, 0.5) is 0 Å². The van der Waals surface area contributed by atoms with Gasteiger partial charge in [0, 0.05) is 12.0 Å². The zero-order valence-corrected chi connectivity index (χ0v) is 18.3. The summed E-state index contributed by atoms with van der Waals surface area (Å²) in [5.41, 5.74) is 3.57. The first-order chi connectivity index (χ1) is 15.3. The Morgan fingerprint density at radius 3 is 1.75 bits per heavy atom. The van der Waals surface area contributed by atoms with Gasteiger partial charge in [-0.25, -0.2) is 0 Å². The van der Waals surface area contributed by atoms with Crippen LogP contribution in [0.3, 0.4) is 0 Å². The highest BCUT2D eigenvalue weighted by atomic mass is 35.5. The Bertz CT molecular complexity index is 1250. The van der Waals surface area contributed by atoms with Gasteiger partial charge in [0.05, 0.1) is 0 Å². The molecular weight excluding hydrogens is 447 g/mol. The first-order valence-electron chi connectivity index (χ1n) is 9.86. The van der Waals surface area contributed by atoms with Crippen molar-refractivity contribution >= 4 is 23.2 Å². The summed E-state index contributed by atoms with van der Waals surface area (Å²) in [6, 6.07) is 23.1. The predicted molar refractivity (Wildman–Crippen MR) is 128 cm³/mol. The molecule has 0 saturated carbocycles. The lowest BCUT2D eigenvalue weighted by Gasteiger charge is -2.27. The maximum atomic E-state index is 10.9. The molecule has 0 amide bonds. The van der Waals surface area contributed by atoms with E-state index in [4.69, 9.17) is 23.2 Å². The van der Waals surface area contributed by atoms with E-state index in [1.54, 1.807) is 66.7 Å². The van der Waals surface area contributed by atoms with Gasteiger partial charge in [0.15, 0.2) is 4.33 Å². The highest BCUT2D eigenvalue weighted by molar-refractivity contribution is 6.48. The molecule has 6 heteroatoms. The molecule has 0 radical (unpaired) electrons. The number of alkyl halides is 2. The van der Waals surface area contributed by atoms with Crippen LogP contribution < -0.4 is 0 Å². The molecule has 0 fully saturated rings. The fraction of sp³-hybridized carbons (Fsp3) is 0.0769. The van der Waals surface area contributed by atoms with E-state index in [-0.39, 0.29) is 35.0 Å². The second-order valence-electron chi connectivity index (χ2n) is 7.49. The van der Waals surface area contributed by atoms with E-state index in [0.29, 0.717) is 16.7 Å². The quantitative estimate of drug-likeness (QED) is 0.246. The number of hydrogen-bond acceptors (Lipinski definition) is 4. The molecule has 0 aromatic heterocycles. The van der Waals surface area contributed by atoms with Crippen LogP contribution in [0.5, 0.6) is 23.0 Å². The molecule has 0 aliphatic carbocycles. The molecule has 0 heterocycles. The average Bonchev–Trinajstić information content (AvgIpc) is 2.76. The molecule has 0 aliphatic rings. The minimum Gasteiger partial charge on any atom is -0.508 e. The van der Waals surface area contributed by atoms with Crippen molar-refractivity contribution in [3.8, 4) is 45.3 Å². The van der Waals surface area contributed by atoms with Crippen molar-refractivity contribution in [2.45, 2.75) is 10.8 Å². The Balaban J connectivity index is 1.96. The van der Waals surface area contributed by atoms with Gasteiger partial charge in [-0.1, -0.05) is 71.7 Å². The van der Waals surface area contributed by atoms with Crippen LogP contribution in [-0.4, -0.2) is 20.4 Å². The lowest BCUT2D eigenvalue weighted by Crippen LogP contribution is -2.16. The molecule has 0 spiro atoms.